The maximum atomic E-state index is 14.0. The van der Waals surface area contributed by atoms with E-state index in [1.165, 1.54) is 6.07 Å². The van der Waals surface area contributed by atoms with Gasteiger partial charge in [-0.15, -0.1) is 0 Å². The first-order valence-electron chi connectivity index (χ1n) is 13.9. The normalized spacial score (nSPS) is 18.9. The van der Waals surface area contributed by atoms with E-state index >= 15 is 0 Å². The molecule has 0 saturated carbocycles. The van der Waals surface area contributed by atoms with Gasteiger partial charge in [-0.3, -0.25) is 9.62 Å². The number of fused-ring (bicyclic) bond motifs is 6. The molecule has 0 atom stereocenters. The first-order valence-corrected chi connectivity index (χ1v) is 15.4. The number of hydrogen-bond donors (Lipinski definition) is 1. The van der Waals surface area contributed by atoms with Crippen molar-refractivity contribution < 1.29 is 21.6 Å². The van der Waals surface area contributed by atoms with Crippen LogP contribution in [0, 0.1) is 0 Å². The Hall–Kier alpha value is -3.22. The number of alkyl halides is 3. The van der Waals surface area contributed by atoms with Crippen molar-refractivity contribution in [3.05, 3.63) is 65.7 Å². The van der Waals surface area contributed by atoms with Crippen molar-refractivity contribution in [1.82, 2.24) is 19.8 Å². The van der Waals surface area contributed by atoms with E-state index in [4.69, 9.17) is 0 Å². The van der Waals surface area contributed by atoms with E-state index in [-0.39, 0.29) is 16.5 Å². The highest BCUT2D eigenvalue weighted by molar-refractivity contribution is 7.92. The summed E-state index contributed by atoms with van der Waals surface area (Å²) in [6, 6.07) is 13.6. The number of sulfonamides is 1. The van der Waals surface area contributed by atoms with Gasteiger partial charge in [0.15, 0.2) is 5.03 Å². The molecule has 4 heterocycles. The molecular formula is C29H35F3N6O2S. The quantitative estimate of drug-likeness (QED) is 0.473. The average Bonchev–Trinajstić information content (AvgIpc) is 2.94. The molecule has 12 heteroatoms. The highest BCUT2D eigenvalue weighted by Gasteiger charge is 2.35. The molecule has 0 amide bonds. The van der Waals surface area contributed by atoms with E-state index in [0.29, 0.717) is 30.9 Å². The highest BCUT2D eigenvalue weighted by atomic mass is 32.2. The van der Waals surface area contributed by atoms with Crippen LogP contribution >= 0.6 is 0 Å². The van der Waals surface area contributed by atoms with Gasteiger partial charge in [0, 0.05) is 51.4 Å². The Labute approximate surface area is 239 Å². The van der Waals surface area contributed by atoms with Crippen molar-refractivity contribution in [1.29, 1.82) is 0 Å². The standard InChI is InChI=1S/C29H35F3N6O2S/c1-36-16-18-37(19-17-36)20-21-38-15-6-2-3-8-22-9-4-5-10-23(22)28-24(29(30,31)32)13-14-25(33-28)35-41(39,40)27-12-7-11-26(38)34-27/h4-5,7,9-14H,2-3,6,8,15-21H2,1H3,(H,33,35). The van der Waals surface area contributed by atoms with Gasteiger partial charge in [0.25, 0.3) is 10.0 Å². The molecule has 1 fully saturated rings. The number of anilines is 2. The number of aromatic nitrogens is 2. The third kappa shape index (κ3) is 7.17. The Morgan fingerprint density at radius 3 is 2.41 bits per heavy atom. The maximum Gasteiger partial charge on any atom is 0.418 e. The minimum atomic E-state index is -4.66. The minimum Gasteiger partial charge on any atom is -0.355 e. The summed E-state index contributed by atoms with van der Waals surface area (Å²) in [6.45, 7) is 6.24. The lowest BCUT2D eigenvalue weighted by atomic mass is 9.96. The summed E-state index contributed by atoms with van der Waals surface area (Å²) in [5.41, 5.74) is -0.111. The van der Waals surface area contributed by atoms with Gasteiger partial charge in [0.2, 0.25) is 0 Å². The van der Waals surface area contributed by atoms with E-state index in [0.717, 1.165) is 69.7 Å². The SMILES string of the molecule is CN1CCN(CCN2CCCCCc3ccccc3-c3nc(ccc3C(F)(F)F)NS(=O)(=O)c3cccc2n3)CC1. The lowest BCUT2D eigenvalue weighted by molar-refractivity contribution is -0.137. The second-order valence-electron chi connectivity index (χ2n) is 10.6. The van der Waals surface area contributed by atoms with Crippen molar-refractivity contribution in [2.24, 2.45) is 0 Å². The zero-order chi connectivity index (χ0) is 29.0. The van der Waals surface area contributed by atoms with Crippen molar-refractivity contribution in [2.75, 3.05) is 62.5 Å². The summed E-state index contributed by atoms with van der Waals surface area (Å²) in [5, 5.41) is -0.213. The molecule has 1 saturated heterocycles. The molecule has 2 aromatic heterocycles. The Kier molecular flexibility index (Phi) is 8.81. The fourth-order valence-corrected chi connectivity index (χ4v) is 6.27. The van der Waals surface area contributed by atoms with Crippen LogP contribution in [-0.2, 0) is 22.6 Å². The summed E-state index contributed by atoms with van der Waals surface area (Å²) in [5.74, 6) is 0.356. The molecule has 2 aliphatic rings. The number of likely N-dealkylation sites (N-methyl/N-ethyl adjacent to an activating group) is 1. The maximum absolute atomic E-state index is 14.0. The van der Waals surface area contributed by atoms with Crippen LogP contribution in [0.5, 0.6) is 0 Å². The minimum absolute atomic E-state index is 0.200. The van der Waals surface area contributed by atoms with Crippen LogP contribution in [0.2, 0.25) is 0 Å². The molecule has 4 bridgehead atoms. The molecule has 3 aromatic rings. The fourth-order valence-electron chi connectivity index (χ4n) is 5.31. The smallest absolute Gasteiger partial charge is 0.355 e. The molecule has 2 aliphatic heterocycles. The summed E-state index contributed by atoms with van der Waals surface area (Å²) in [4.78, 5) is 15.5. The van der Waals surface area contributed by atoms with Crippen LogP contribution in [-0.4, -0.2) is 81.0 Å². The van der Waals surface area contributed by atoms with Gasteiger partial charge >= 0.3 is 6.18 Å². The number of nitrogens with zero attached hydrogens (tertiary/aromatic N) is 5. The molecule has 220 valence electrons. The predicted octanol–water partition coefficient (Wildman–Crippen LogP) is 4.74. The van der Waals surface area contributed by atoms with Crippen molar-refractivity contribution in [3.8, 4) is 11.3 Å². The lowest BCUT2D eigenvalue weighted by Gasteiger charge is -2.34. The number of piperazine rings is 1. The lowest BCUT2D eigenvalue weighted by Crippen LogP contribution is -2.47. The summed E-state index contributed by atoms with van der Waals surface area (Å²) < 4.78 is 71.1. The fraction of sp³-hybridized carbons (Fsp3) is 0.448. The van der Waals surface area contributed by atoms with Crippen LogP contribution in [0.4, 0.5) is 24.8 Å². The number of nitrogens with one attached hydrogen (secondary N) is 1. The number of pyridine rings is 2. The van der Waals surface area contributed by atoms with Gasteiger partial charge in [-0.2, -0.15) is 21.6 Å². The molecule has 0 radical (unpaired) electrons. The van der Waals surface area contributed by atoms with Gasteiger partial charge in [-0.1, -0.05) is 36.8 Å². The largest absolute Gasteiger partial charge is 0.418 e. The molecule has 0 unspecified atom stereocenters. The van der Waals surface area contributed by atoms with Gasteiger partial charge < -0.3 is 9.80 Å². The molecule has 5 rings (SSSR count). The van der Waals surface area contributed by atoms with Crippen LogP contribution in [0.1, 0.15) is 30.4 Å². The van der Waals surface area contributed by atoms with Crippen molar-refractivity contribution in [2.45, 2.75) is 36.9 Å². The van der Waals surface area contributed by atoms with Crippen molar-refractivity contribution in [3.63, 3.8) is 0 Å². The third-order valence-electron chi connectivity index (χ3n) is 7.68. The molecule has 41 heavy (non-hydrogen) atoms. The molecule has 8 nitrogen and oxygen atoms in total. The van der Waals surface area contributed by atoms with Crippen LogP contribution in [0.25, 0.3) is 11.3 Å². The monoisotopic (exact) mass is 588 g/mol. The number of benzene rings is 1. The van der Waals surface area contributed by atoms with Crippen LogP contribution < -0.4 is 9.62 Å². The van der Waals surface area contributed by atoms with Gasteiger partial charge in [0.05, 0.1) is 11.3 Å². The van der Waals surface area contributed by atoms with E-state index in [9.17, 15) is 21.6 Å². The first-order chi connectivity index (χ1) is 19.6. The van der Waals surface area contributed by atoms with E-state index in [2.05, 4.69) is 36.4 Å². The zero-order valence-electron chi connectivity index (χ0n) is 23.1. The predicted molar refractivity (Wildman–Crippen MR) is 153 cm³/mol. The summed E-state index contributed by atoms with van der Waals surface area (Å²) >= 11 is 0. The van der Waals surface area contributed by atoms with Crippen LogP contribution in [0.3, 0.4) is 0 Å². The Morgan fingerprint density at radius 1 is 0.854 bits per heavy atom. The third-order valence-corrected chi connectivity index (χ3v) is 8.93. The van der Waals surface area contributed by atoms with E-state index in [1.807, 2.05) is 6.07 Å². The summed E-state index contributed by atoms with van der Waals surface area (Å²) in [6.07, 6.45) is -1.58. The second-order valence-corrected chi connectivity index (χ2v) is 12.3. The molecular weight excluding hydrogens is 553 g/mol. The molecule has 0 spiro atoms. The highest BCUT2D eigenvalue weighted by Crippen LogP contribution is 2.38. The zero-order valence-corrected chi connectivity index (χ0v) is 23.9. The molecule has 1 N–H and O–H groups in total. The van der Waals surface area contributed by atoms with E-state index in [1.54, 1.807) is 30.3 Å². The topological polar surface area (TPSA) is 81.7 Å². The van der Waals surface area contributed by atoms with Gasteiger partial charge in [-0.25, -0.2) is 9.97 Å². The van der Waals surface area contributed by atoms with Crippen molar-refractivity contribution >= 4 is 21.7 Å². The van der Waals surface area contributed by atoms with E-state index < -0.39 is 21.8 Å². The Morgan fingerprint density at radius 2 is 1.63 bits per heavy atom. The van der Waals surface area contributed by atoms with Gasteiger partial charge in [0.1, 0.15) is 11.6 Å². The number of rotatable bonds is 3. The second kappa shape index (κ2) is 12.3. The first kappa shape index (κ1) is 29.3. The Balaban J connectivity index is 1.49. The Bertz CT molecular complexity index is 1460. The molecule has 0 aliphatic carbocycles. The summed E-state index contributed by atoms with van der Waals surface area (Å²) in [7, 11) is -2.11. The molecule has 1 aromatic carbocycles. The average molecular weight is 589 g/mol. The van der Waals surface area contributed by atoms with Gasteiger partial charge in [-0.05, 0) is 56.1 Å². The number of halogens is 3. The number of hydrogen-bond acceptors (Lipinski definition) is 7. The number of aryl methyl sites for hydroxylation is 1. The van der Waals surface area contributed by atoms with Crippen LogP contribution in [0.15, 0.2) is 59.6 Å².